The van der Waals surface area contributed by atoms with Gasteiger partial charge in [0.2, 0.25) is 0 Å². The van der Waals surface area contributed by atoms with E-state index >= 15 is 0 Å². The summed E-state index contributed by atoms with van der Waals surface area (Å²) in [4.78, 5) is 16.4. The van der Waals surface area contributed by atoms with Crippen LogP contribution in [-0.4, -0.2) is 16.6 Å². The molecule has 0 radical (unpaired) electrons. The number of benzene rings is 1. The van der Waals surface area contributed by atoms with E-state index in [0.29, 0.717) is 11.4 Å². The molecule has 2 N–H and O–H groups in total. The number of anilines is 1. The number of ether oxygens (including phenoxy) is 1. The van der Waals surface area contributed by atoms with Gasteiger partial charge in [-0.05, 0) is 51.5 Å². The molecular formula is C17H20N2O2. The van der Waals surface area contributed by atoms with Gasteiger partial charge in [0.15, 0.2) is 0 Å². The summed E-state index contributed by atoms with van der Waals surface area (Å²) in [7, 11) is 0. The number of hydrogen-bond acceptors (Lipinski definition) is 4. The van der Waals surface area contributed by atoms with Crippen LogP contribution in [0.3, 0.4) is 0 Å². The van der Waals surface area contributed by atoms with E-state index in [9.17, 15) is 4.79 Å². The van der Waals surface area contributed by atoms with E-state index in [2.05, 4.69) is 4.98 Å². The molecular weight excluding hydrogens is 264 g/mol. The van der Waals surface area contributed by atoms with Crippen molar-refractivity contribution in [3.63, 3.8) is 0 Å². The molecule has 0 aliphatic rings. The Hall–Kier alpha value is -2.36. The first kappa shape index (κ1) is 15.0. The Kier molecular flexibility index (Phi) is 3.98. The second kappa shape index (κ2) is 5.56. The number of nitrogen functional groups attached to an aromatic ring is 1. The van der Waals surface area contributed by atoms with E-state index in [1.165, 1.54) is 0 Å². The minimum Gasteiger partial charge on any atom is -0.456 e. The third-order valence-electron chi connectivity index (χ3n) is 2.93. The summed E-state index contributed by atoms with van der Waals surface area (Å²) in [6.45, 7) is 7.44. The fourth-order valence-corrected chi connectivity index (χ4v) is 1.85. The molecule has 0 aliphatic carbocycles. The number of esters is 1. The average Bonchev–Trinajstić information content (AvgIpc) is 2.40. The van der Waals surface area contributed by atoms with Gasteiger partial charge in [0.1, 0.15) is 11.4 Å². The normalized spacial score (nSPS) is 11.2. The van der Waals surface area contributed by atoms with Crippen LogP contribution in [-0.2, 0) is 4.74 Å². The van der Waals surface area contributed by atoms with Crippen molar-refractivity contribution in [2.24, 2.45) is 0 Å². The Morgan fingerprint density at radius 1 is 1.19 bits per heavy atom. The number of carbonyl (C=O) groups is 1. The number of nitrogens with two attached hydrogens (primary N) is 1. The van der Waals surface area contributed by atoms with Crippen LogP contribution in [0.4, 0.5) is 5.82 Å². The molecule has 4 heteroatoms. The molecule has 1 aromatic heterocycles. The predicted molar refractivity (Wildman–Crippen MR) is 84.0 cm³/mol. The van der Waals surface area contributed by atoms with Crippen molar-refractivity contribution in [2.75, 3.05) is 5.73 Å². The first-order chi connectivity index (χ1) is 9.76. The van der Waals surface area contributed by atoms with Gasteiger partial charge in [-0.3, -0.25) is 0 Å². The highest BCUT2D eigenvalue weighted by molar-refractivity contribution is 5.91. The number of hydrogen-bond donors (Lipinski definition) is 1. The highest BCUT2D eigenvalue weighted by Gasteiger charge is 2.18. The molecule has 0 spiro atoms. The maximum atomic E-state index is 12.1. The monoisotopic (exact) mass is 284 g/mol. The standard InChI is InChI=1S/C17H20N2O2/c1-11-8-9-14(19-15(11)18)12-6-5-7-13(10-12)16(20)21-17(2,3)4/h5-10H,1-4H3,(H2,18,19). The molecule has 0 saturated heterocycles. The third kappa shape index (κ3) is 3.81. The van der Waals surface area contributed by atoms with Crippen LogP contribution >= 0.6 is 0 Å². The van der Waals surface area contributed by atoms with Crippen molar-refractivity contribution in [2.45, 2.75) is 33.3 Å². The van der Waals surface area contributed by atoms with Crippen molar-refractivity contribution in [3.05, 3.63) is 47.5 Å². The van der Waals surface area contributed by atoms with Crippen LogP contribution in [0.25, 0.3) is 11.3 Å². The summed E-state index contributed by atoms with van der Waals surface area (Å²) < 4.78 is 5.37. The minimum absolute atomic E-state index is 0.343. The highest BCUT2D eigenvalue weighted by atomic mass is 16.6. The van der Waals surface area contributed by atoms with Gasteiger partial charge in [-0.1, -0.05) is 18.2 Å². The summed E-state index contributed by atoms with van der Waals surface area (Å²) in [6.07, 6.45) is 0. The van der Waals surface area contributed by atoms with Crippen LogP contribution in [0.2, 0.25) is 0 Å². The fourth-order valence-electron chi connectivity index (χ4n) is 1.85. The zero-order chi connectivity index (χ0) is 15.6. The van der Waals surface area contributed by atoms with Crippen LogP contribution in [0.5, 0.6) is 0 Å². The Balaban J connectivity index is 2.33. The third-order valence-corrected chi connectivity index (χ3v) is 2.93. The molecule has 2 aromatic rings. The summed E-state index contributed by atoms with van der Waals surface area (Å²) in [5, 5.41) is 0. The number of aryl methyl sites for hydroxylation is 1. The zero-order valence-corrected chi connectivity index (χ0v) is 12.8. The molecule has 0 amide bonds. The Bertz CT molecular complexity index is 673. The number of nitrogens with zero attached hydrogens (tertiary/aromatic N) is 1. The maximum Gasteiger partial charge on any atom is 0.338 e. The maximum absolute atomic E-state index is 12.1. The second-order valence-corrected chi connectivity index (χ2v) is 5.98. The van der Waals surface area contributed by atoms with Gasteiger partial charge in [-0.15, -0.1) is 0 Å². The van der Waals surface area contributed by atoms with E-state index in [0.717, 1.165) is 16.8 Å². The number of pyridine rings is 1. The summed E-state index contributed by atoms with van der Waals surface area (Å²) >= 11 is 0. The molecule has 110 valence electrons. The van der Waals surface area contributed by atoms with Crippen molar-refractivity contribution in [3.8, 4) is 11.3 Å². The van der Waals surface area contributed by atoms with Gasteiger partial charge in [0.25, 0.3) is 0 Å². The largest absolute Gasteiger partial charge is 0.456 e. The zero-order valence-electron chi connectivity index (χ0n) is 12.8. The molecule has 1 aromatic carbocycles. The first-order valence-electron chi connectivity index (χ1n) is 6.83. The van der Waals surface area contributed by atoms with Crippen molar-refractivity contribution < 1.29 is 9.53 Å². The minimum atomic E-state index is -0.514. The van der Waals surface area contributed by atoms with E-state index < -0.39 is 5.60 Å². The number of carbonyl (C=O) groups excluding carboxylic acids is 1. The highest BCUT2D eigenvalue weighted by Crippen LogP contribution is 2.22. The molecule has 1 heterocycles. The van der Waals surface area contributed by atoms with E-state index in [1.54, 1.807) is 12.1 Å². The molecule has 0 bridgehead atoms. The Morgan fingerprint density at radius 2 is 1.90 bits per heavy atom. The van der Waals surface area contributed by atoms with Crippen LogP contribution in [0.15, 0.2) is 36.4 Å². The summed E-state index contributed by atoms with van der Waals surface area (Å²) in [6, 6.07) is 11.0. The van der Waals surface area contributed by atoms with E-state index in [1.807, 2.05) is 52.0 Å². The van der Waals surface area contributed by atoms with Gasteiger partial charge in [0, 0.05) is 5.56 Å². The smallest absolute Gasteiger partial charge is 0.338 e. The van der Waals surface area contributed by atoms with Gasteiger partial charge in [-0.2, -0.15) is 0 Å². The Labute approximate surface area is 125 Å². The molecule has 0 aliphatic heterocycles. The molecule has 0 unspecified atom stereocenters. The summed E-state index contributed by atoms with van der Waals surface area (Å²) in [5.74, 6) is 0.152. The van der Waals surface area contributed by atoms with Crippen molar-refractivity contribution in [1.82, 2.24) is 4.98 Å². The predicted octanol–water partition coefficient (Wildman–Crippen LogP) is 3.59. The van der Waals surface area contributed by atoms with Crippen molar-refractivity contribution in [1.29, 1.82) is 0 Å². The second-order valence-electron chi connectivity index (χ2n) is 5.98. The SMILES string of the molecule is Cc1ccc(-c2cccc(C(=O)OC(C)(C)C)c2)nc1N. The average molecular weight is 284 g/mol. The quantitative estimate of drug-likeness (QED) is 0.856. The molecule has 2 rings (SSSR count). The van der Waals surface area contributed by atoms with Gasteiger partial charge in [0.05, 0.1) is 11.3 Å². The molecule has 4 nitrogen and oxygen atoms in total. The van der Waals surface area contributed by atoms with Crippen LogP contribution in [0, 0.1) is 6.92 Å². The molecule has 21 heavy (non-hydrogen) atoms. The van der Waals surface area contributed by atoms with E-state index in [-0.39, 0.29) is 5.97 Å². The first-order valence-corrected chi connectivity index (χ1v) is 6.83. The lowest BCUT2D eigenvalue weighted by molar-refractivity contribution is 0.00696. The lowest BCUT2D eigenvalue weighted by atomic mass is 10.1. The van der Waals surface area contributed by atoms with Crippen LogP contribution < -0.4 is 5.73 Å². The molecule has 0 atom stereocenters. The van der Waals surface area contributed by atoms with Crippen molar-refractivity contribution >= 4 is 11.8 Å². The van der Waals surface area contributed by atoms with Crippen LogP contribution in [0.1, 0.15) is 36.7 Å². The van der Waals surface area contributed by atoms with Gasteiger partial charge >= 0.3 is 5.97 Å². The van der Waals surface area contributed by atoms with E-state index in [4.69, 9.17) is 10.5 Å². The van der Waals surface area contributed by atoms with Gasteiger partial charge in [-0.25, -0.2) is 9.78 Å². The lowest BCUT2D eigenvalue weighted by Crippen LogP contribution is -2.23. The number of rotatable bonds is 2. The topological polar surface area (TPSA) is 65.2 Å². The summed E-state index contributed by atoms with van der Waals surface area (Å²) in [5.41, 5.74) is 8.34. The lowest BCUT2D eigenvalue weighted by Gasteiger charge is -2.19. The Morgan fingerprint density at radius 3 is 2.52 bits per heavy atom. The fraction of sp³-hybridized carbons (Fsp3) is 0.294. The number of aromatic nitrogens is 1. The molecule has 0 fully saturated rings. The van der Waals surface area contributed by atoms with Gasteiger partial charge < -0.3 is 10.5 Å². The molecule has 0 saturated carbocycles.